The van der Waals surface area contributed by atoms with E-state index in [4.69, 9.17) is 4.74 Å². The van der Waals surface area contributed by atoms with Gasteiger partial charge in [-0.2, -0.15) is 5.10 Å². The lowest BCUT2D eigenvalue weighted by Crippen LogP contribution is -2.58. The molecule has 0 saturated heterocycles. The van der Waals surface area contributed by atoms with Gasteiger partial charge in [0.2, 0.25) is 6.41 Å². The molecule has 0 aromatic carbocycles. The van der Waals surface area contributed by atoms with Gasteiger partial charge in [-0.05, 0) is 70.4 Å². The van der Waals surface area contributed by atoms with Crippen molar-refractivity contribution in [3.63, 3.8) is 0 Å². The van der Waals surface area contributed by atoms with Gasteiger partial charge in [-0.25, -0.2) is 10.2 Å². The van der Waals surface area contributed by atoms with Gasteiger partial charge in [0.25, 0.3) is 0 Å². The maximum absolute atomic E-state index is 11.9. The van der Waals surface area contributed by atoms with Crippen molar-refractivity contribution >= 4 is 18.2 Å². The van der Waals surface area contributed by atoms with Crippen LogP contribution in [0.5, 0.6) is 0 Å². The summed E-state index contributed by atoms with van der Waals surface area (Å²) in [6.07, 6.45) is 6.30. The summed E-state index contributed by atoms with van der Waals surface area (Å²) in [5.41, 5.74) is 5.47. The molecule has 2 fully saturated rings. The number of ether oxygens (including phenoxy) is 1. The molecule has 0 bridgehead atoms. The van der Waals surface area contributed by atoms with Crippen molar-refractivity contribution in [2.75, 3.05) is 0 Å². The van der Waals surface area contributed by atoms with E-state index in [1.165, 1.54) is 0 Å². The van der Waals surface area contributed by atoms with Gasteiger partial charge in [0.1, 0.15) is 5.60 Å². The molecule has 1 aromatic heterocycles. The number of alkyl carbamates (subject to hydrolysis) is 1. The third-order valence-corrected chi connectivity index (χ3v) is 5.58. The molecule has 0 aliphatic heterocycles. The van der Waals surface area contributed by atoms with Gasteiger partial charge in [-0.15, -0.1) is 0 Å². The molecule has 3 rings (SSSR count). The van der Waals surface area contributed by atoms with E-state index in [0.717, 1.165) is 42.7 Å². The zero-order valence-electron chi connectivity index (χ0n) is 16.8. The number of carbonyl (C=O) groups excluding carboxylic acids is 2. The van der Waals surface area contributed by atoms with Crippen LogP contribution in [-0.4, -0.2) is 34.4 Å². The zero-order chi connectivity index (χ0) is 19.8. The van der Waals surface area contributed by atoms with E-state index in [2.05, 4.69) is 33.4 Å². The first-order chi connectivity index (χ1) is 12.6. The minimum atomic E-state index is -0.475. The molecule has 1 aromatic rings. The number of carbonyl (C=O) groups is 2. The number of hydrogen-bond acceptors (Lipinski definition) is 4. The Bertz CT molecular complexity index is 726. The fourth-order valence-corrected chi connectivity index (χ4v) is 4.55. The highest BCUT2D eigenvalue weighted by Gasteiger charge is 2.55. The Hall–Kier alpha value is -2.31. The monoisotopic (exact) mass is 374 g/mol. The molecule has 7 nitrogen and oxygen atoms in total. The lowest BCUT2D eigenvalue weighted by molar-refractivity contribution is -0.109. The van der Waals surface area contributed by atoms with E-state index in [-0.39, 0.29) is 17.6 Å². The smallest absolute Gasteiger partial charge is 0.407 e. The predicted molar refractivity (Wildman–Crippen MR) is 103 cm³/mol. The molecular weight excluding hydrogens is 344 g/mol. The molecular formula is C20H30N4O3. The molecule has 2 saturated carbocycles. The highest BCUT2D eigenvalue weighted by molar-refractivity contribution is 6.03. The summed E-state index contributed by atoms with van der Waals surface area (Å²) in [4.78, 5) is 22.6. The number of nitrogens with zero attached hydrogens (tertiary/aromatic N) is 2. The first-order valence-electron chi connectivity index (χ1n) is 9.51. The molecule has 148 valence electrons. The van der Waals surface area contributed by atoms with Crippen LogP contribution in [0.15, 0.2) is 17.4 Å². The normalized spacial score (nSPS) is 27.5. The van der Waals surface area contributed by atoms with Crippen molar-refractivity contribution in [1.29, 1.82) is 0 Å². The minimum Gasteiger partial charge on any atom is -0.444 e. The standard InChI is InChI=1S/C20H30N4O3/c1-13-6-7-24(5)17(13)16(23-21-12-25)14-8-20(9-14)10-15(11-20)22-18(26)27-19(2,3)4/h6-7,12,14-15H,8-11H2,1-5H3,(H,21,25)(H,22,26)/b23-16-. The van der Waals surface area contributed by atoms with E-state index in [9.17, 15) is 9.59 Å². The lowest BCUT2D eigenvalue weighted by Gasteiger charge is -2.57. The summed E-state index contributed by atoms with van der Waals surface area (Å²) in [5.74, 6) is 0.326. The molecule has 2 amide bonds. The third-order valence-electron chi connectivity index (χ3n) is 5.58. The molecule has 2 aliphatic carbocycles. The number of hydrogen-bond donors (Lipinski definition) is 2. The predicted octanol–water partition coefficient (Wildman–Crippen LogP) is 2.87. The topological polar surface area (TPSA) is 84.7 Å². The molecule has 27 heavy (non-hydrogen) atoms. The molecule has 0 unspecified atom stereocenters. The Labute approximate surface area is 160 Å². The highest BCUT2D eigenvalue weighted by atomic mass is 16.6. The quantitative estimate of drug-likeness (QED) is 0.472. The molecule has 1 spiro atoms. The fraction of sp³-hybridized carbons (Fsp3) is 0.650. The second-order valence-electron chi connectivity index (χ2n) is 9.06. The van der Waals surface area contributed by atoms with Crippen LogP contribution < -0.4 is 10.7 Å². The van der Waals surface area contributed by atoms with Crippen molar-refractivity contribution in [3.8, 4) is 0 Å². The van der Waals surface area contributed by atoms with Crippen LogP contribution in [0.4, 0.5) is 4.79 Å². The van der Waals surface area contributed by atoms with E-state index in [0.29, 0.717) is 12.3 Å². The highest BCUT2D eigenvalue weighted by Crippen LogP contribution is 2.59. The van der Waals surface area contributed by atoms with Crippen LogP contribution in [0.3, 0.4) is 0 Å². The maximum Gasteiger partial charge on any atom is 0.407 e. The number of amides is 2. The van der Waals surface area contributed by atoms with Crippen LogP contribution in [0.25, 0.3) is 0 Å². The second-order valence-corrected chi connectivity index (χ2v) is 9.06. The summed E-state index contributed by atoms with van der Waals surface area (Å²) in [7, 11) is 2.00. The van der Waals surface area contributed by atoms with E-state index in [1.807, 2.05) is 34.0 Å². The SMILES string of the molecule is Cc1ccn(C)c1/C(=N\NC=O)C1CC2(CC(NC(=O)OC(C)(C)C)C2)C1. The number of hydrazone groups is 1. The Morgan fingerprint density at radius 2 is 2.00 bits per heavy atom. The Kier molecular flexibility index (Phi) is 5.06. The average Bonchev–Trinajstić information content (AvgIpc) is 2.80. The van der Waals surface area contributed by atoms with Crippen molar-refractivity contribution in [2.24, 2.45) is 23.5 Å². The van der Waals surface area contributed by atoms with Crippen molar-refractivity contribution in [1.82, 2.24) is 15.3 Å². The summed E-state index contributed by atoms with van der Waals surface area (Å²) in [6.45, 7) is 7.66. The second kappa shape index (κ2) is 7.02. The van der Waals surface area contributed by atoms with Crippen LogP contribution in [0.1, 0.15) is 57.7 Å². The van der Waals surface area contributed by atoms with Gasteiger partial charge in [0.15, 0.2) is 0 Å². The summed E-state index contributed by atoms with van der Waals surface area (Å²) < 4.78 is 7.38. The number of aromatic nitrogens is 1. The molecule has 0 radical (unpaired) electrons. The Morgan fingerprint density at radius 3 is 2.52 bits per heavy atom. The Balaban J connectivity index is 1.57. The third kappa shape index (κ3) is 4.17. The molecule has 7 heteroatoms. The molecule has 2 N–H and O–H groups in total. The van der Waals surface area contributed by atoms with Gasteiger partial charge in [0.05, 0.1) is 11.4 Å². The van der Waals surface area contributed by atoms with Crippen LogP contribution in [0, 0.1) is 18.3 Å². The summed E-state index contributed by atoms with van der Waals surface area (Å²) in [5, 5.41) is 7.31. The first-order valence-corrected chi connectivity index (χ1v) is 9.51. The van der Waals surface area contributed by atoms with E-state index in [1.54, 1.807) is 0 Å². The number of rotatable bonds is 5. The van der Waals surface area contributed by atoms with E-state index >= 15 is 0 Å². The minimum absolute atomic E-state index is 0.186. The number of nitrogens with one attached hydrogen (secondary N) is 2. The van der Waals surface area contributed by atoms with Crippen molar-refractivity contribution < 1.29 is 14.3 Å². The average molecular weight is 374 g/mol. The molecule has 2 aliphatic rings. The van der Waals surface area contributed by atoms with Crippen LogP contribution in [-0.2, 0) is 16.6 Å². The van der Waals surface area contributed by atoms with Gasteiger partial charge in [-0.1, -0.05) is 0 Å². The fourth-order valence-electron chi connectivity index (χ4n) is 4.55. The van der Waals surface area contributed by atoms with E-state index < -0.39 is 5.60 Å². The van der Waals surface area contributed by atoms with Gasteiger partial charge in [-0.3, -0.25) is 4.79 Å². The first kappa shape index (κ1) is 19.5. The van der Waals surface area contributed by atoms with Crippen LogP contribution in [0.2, 0.25) is 0 Å². The van der Waals surface area contributed by atoms with Gasteiger partial charge in [0, 0.05) is 25.2 Å². The van der Waals surface area contributed by atoms with Crippen molar-refractivity contribution in [2.45, 2.75) is 65.0 Å². The largest absolute Gasteiger partial charge is 0.444 e. The lowest BCUT2D eigenvalue weighted by atomic mass is 9.49. The molecule has 0 atom stereocenters. The van der Waals surface area contributed by atoms with Crippen LogP contribution >= 0.6 is 0 Å². The maximum atomic E-state index is 11.9. The van der Waals surface area contributed by atoms with Gasteiger partial charge >= 0.3 is 6.09 Å². The molecule has 1 heterocycles. The Morgan fingerprint density at radius 1 is 1.33 bits per heavy atom. The van der Waals surface area contributed by atoms with Gasteiger partial charge < -0.3 is 14.6 Å². The summed E-state index contributed by atoms with van der Waals surface area (Å²) >= 11 is 0. The summed E-state index contributed by atoms with van der Waals surface area (Å²) in [6, 6.07) is 2.25. The number of aryl methyl sites for hydroxylation is 2. The zero-order valence-corrected chi connectivity index (χ0v) is 16.8. The van der Waals surface area contributed by atoms with Crippen molar-refractivity contribution in [3.05, 3.63) is 23.5 Å².